The Morgan fingerprint density at radius 1 is 0.939 bits per heavy atom. The predicted octanol–water partition coefficient (Wildman–Crippen LogP) is 7.64. The van der Waals surface area contributed by atoms with Gasteiger partial charge in [-0.2, -0.15) is 4.73 Å². The van der Waals surface area contributed by atoms with E-state index < -0.39 is 0 Å². The fraction of sp³-hybridized carbons (Fsp3) is 0.138. The van der Waals surface area contributed by atoms with Gasteiger partial charge in [-0.3, -0.25) is 0 Å². The van der Waals surface area contributed by atoms with E-state index in [-0.39, 0.29) is 0 Å². The van der Waals surface area contributed by atoms with Crippen LogP contribution in [0.2, 0.25) is 0 Å². The van der Waals surface area contributed by atoms with E-state index in [2.05, 4.69) is 90.5 Å². The van der Waals surface area contributed by atoms with E-state index in [1.807, 2.05) is 12.1 Å². The molecule has 1 N–H and O–H groups in total. The molecule has 2 heterocycles. The SMILES string of the molecule is Cc1ccc(-c2c3cc(Br)ccc3c(C=C3C=C4CCc5ccccc5C4=N3)n2O)c(C)c1. The van der Waals surface area contributed by atoms with Crippen molar-refractivity contribution in [1.29, 1.82) is 0 Å². The summed E-state index contributed by atoms with van der Waals surface area (Å²) in [6.45, 7) is 4.18. The highest BCUT2D eigenvalue weighted by Gasteiger charge is 2.25. The number of halogens is 1. The van der Waals surface area contributed by atoms with Gasteiger partial charge in [0, 0.05) is 26.4 Å². The molecule has 33 heavy (non-hydrogen) atoms. The van der Waals surface area contributed by atoms with E-state index in [1.165, 1.54) is 27.0 Å². The molecule has 6 rings (SSSR count). The average Bonchev–Trinajstić information content (AvgIpc) is 3.33. The van der Waals surface area contributed by atoms with Crippen LogP contribution in [0.3, 0.4) is 0 Å². The Balaban J connectivity index is 1.55. The van der Waals surface area contributed by atoms with E-state index in [0.717, 1.165) is 62.0 Å². The van der Waals surface area contributed by atoms with Crippen molar-refractivity contribution in [3.8, 4) is 11.3 Å². The predicted molar refractivity (Wildman–Crippen MR) is 139 cm³/mol. The van der Waals surface area contributed by atoms with Gasteiger partial charge in [0.1, 0.15) is 0 Å². The van der Waals surface area contributed by atoms with Crippen molar-refractivity contribution >= 4 is 38.5 Å². The van der Waals surface area contributed by atoms with E-state index in [0.29, 0.717) is 0 Å². The molecule has 0 saturated carbocycles. The molecule has 3 nitrogen and oxygen atoms in total. The Labute approximate surface area is 201 Å². The maximum Gasteiger partial charge on any atom is 0.0954 e. The first-order valence-corrected chi connectivity index (χ1v) is 12.0. The molecule has 0 atom stereocenters. The van der Waals surface area contributed by atoms with Crippen LogP contribution in [-0.4, -0.2) is 15.6 Å². The normalized spacial score (nSPS) is 16.0. The summed E-state index contributed by atoms with van der Waals surface area (Å²) in [4.78, 5) is 4.97. The zero-order valence-electron chi connectivity index (χ0n) is 18.6. The first kappa shape index (κ1) is 20.3. The van der Waals surface area contributed by atoms with Gasteiger partial charge in [0.05, 0.1) is 22.8 Å². The number of nitrogens with zero attached hydrogens (tertiary/aromatic N) is 2. The molecule has 0 bridgehead atoms. The number of rotatable bonds is 2. The van der Waals surface area contributed by atoms with Crippen molar-refractivity contribution in [2.75, 3.05) is 0 Å². The first-order valence-electron chi connectivity index (χ1n) is 11.2. The Morgan fingerprint density at radius 3 is 2.64 bits per heavy atom. The second kappa shape index (κ2) is 7.60. The molecule has 0 radical (unpaired) electrons. The standard InChI is InChI=1S/C29H23BrN2O/c1-17-7-11-23(18(2)13-17)29-26-15-21(30)10-12-25(26)27(32(29)33)16-22-14-20-9-8-19-5-3-4-6-24(19)28(20)31-22/h3-7,10-16,33H,8-9H2,1-2H3. The number of aryl methyl sites for hydroxylation is 3. The van der Waals surface area contributed by atoms with Crippen molar-refractivity contribution in [3.63, 3.8) is 0 Å². The van der Waals surface area contributed by atoms with Gasteiger partial charge in [0.25, 0.3) is 0 Å². The average molecular weight is 495 g/mol. The lowest BCUT2D eigenvalue weighted by molar-refractivity contribution is 0.191. The highest BCUT2D eigenvalue weighted by atomic mass is 79.9. The maximum absolute atomic E-state index is 11.4. The quantitative estimate of drug-likeness (QED) is 0.285. The molecule has 0 saturated heterocycles. The van der Waals surface area contributed by atoms with E-state index in [1.54, 1.807) is 0 Å². The fourth-order valence-electron chi connectivity index (χ4n) is 5.12. The summed E-state index contributed by atoms with van der Waals surface area (Å²) in [5.41, 5.74) is 10.7. The molecule has 1 aromatic heterocycles. The Bertz CT molecular complexity index is 1550. The topological polar surface area (TPSA) is 37.5 Å². The molecule has 0 unspecified atom stereocenters. The third-order valence-electron chi connectivity index (χ3n) is 6.68. The van der Waals surface area contributed by atoms with Gasteiger partial charge in [-0.05, 0) is 67.7 Å². The van der Waals surface area contributed by atoms with Crippen LogP contribution >= 0.6 is 15.9 Å². The second-order valence-electron chi connectivity index (χ2n) is 8.91. The smallest absolute Gasteiger partial charge is 0.0954 e. The zero-order chi connectivity index (χ0) is 22.7. The summed E-state index contributed by atoms with van der Waals surface area (Å²) in [7, 11) is 0. The second-order valence-corrected chi connectivity index (χ2v) is 9.83. The molecule has 2 aliphatic rings. The molecule has 0 spiro atoms. The van der Waals surface area contributed by atoms with Crippen LogP contribution in [0.5, 0.6) is 0 Å². The molecule has 162 valence electrons. The maximum atomic E-state index is 11.4. The zero-order valence-corrected chi connectivity index (χ0v) is 20.1. The highest BCUT2D eigenvalue weighted by molar-refractivity contribution is 9.10. The van der Waals surface area contributed by atoms with Gasteiger partial charge < -0.3 is 5.21 Å². The number of hydrogen-bond acceptors (Lipinski definition) is 2. The molecule has 0 fully saturated rings. The summed E-state index contributed by atoms with van der Waals surface area (Å²) >= 11 is 3.61. The van der Waals surface area contributed by atoms with E-state index >= 15 is 0 Å². The lowest BCUT2D eigenvalue weighted by Crippen LogP contribution is -2.12. The third-order valence-corrected chi connectivity index (χ3v) is 7.17. The number of allylic oxidation sites excluding steroid dienone is 2. The van der Waals surface area contributed by atoms with Crippen LogP contribution in [0, 0.1) is 13.8 Å². The molecule has 0 amide bonds. The highest BCUT2D eigenvalue weighted by Crippen LogP contribution is 2.39. The number of fused-ring (bicyclic) bond motifs is 4. The lowest BCUT2D eigenvalue weighted by atomic mass is 9.87. The van der Waals surface area contributed by atoms with Crippen molar-refractivity contribution < 1.29 is 5.21 Å². The molecule has 4 aromatic rings. The minimum absolute atomic E-state index is 0.746. The van der Waals surface area contributed by atoms with E-state index in [4.69, 9.17) is 4.99 Å². The van der Waals surface area contributed by atoms with Crippen LogP contribution in [0.4, 0.5) is 0 Å². The summed E-state index contributed by atoms with van der Waals surface area (Å²) in [5, 5.41) is 13.4. The summed E-state index contributed by atoms with van der Waals surface area (Å²) in [6.07, 6.45) is 6.21. The number of aliphatic imine (C=N–C) groups is 1. The van der Waals surface area contributed by atoms with Gasteiger partial charge >= 0.3 is 0 Å². The van der Waals surface area contributed by atoms with E-state index in [9.17, 15) is 5.21 Å². The summed E-state index contributed by atoms with van der Waals surface area (Å²) in [6, 6.07) is 21.0. The number of aromatic nitrogens is 1. The molecule has 4 heteroatoms. The van der Waals surface area contributed by atoms with Crippen LogP contribution in [0.1, 0.15) is 34.4 Å². The summed E-state index contributed by atoms with van der Waals surface area (Å²) < 4.78 is 2.31. The van der Waals surface area contributed by atoms with Crippen LogP contribution in [0.25, 0.3) is 28.1 Å². The third kappa shape index (κ3) is 3.28. The summed E-state index contributed by atoms with van der Waals surface area (Å²) in [5.74, 6) is 0. The first-order chi connectivity index (χ1) is 16.0. The van der Waals surface area contributed by atoms with Crippen LogP contribution in [-0.2, 0) is 6.42 Å². The van der Waals surface area contributed by atoms with Gasteiger partial charge in [-0.15, -0.1) is 0 Å². The minimum atomic E-state index is 0.746. The largest absolute Gasteiger partial charge is 0.428 e. The fourth-order valence-corrected chi connectivity index (χ4v) is 5.48. The Hall–Kier alpha value is -3.37. The molecular formula is C29H23BrN2O. The molecule has 1 aliphatic heterocycles. The van der Waals surface area contributed by atoms with Crippen molar-refractivity contribution in [1.82, 2.24) is 4.73 Å². The van der Waals surface area contributed by atoms with Gasteiger partial charge in [-0.1, -0.05) is 70.0 Å². The van der Waals surface area contributed by atoms with Crippen molar-refractivity contribution in [3.05, 3.63) is 110 Å². The van der Waals surface area contributed by atoms with Crippen molar-refractivity contribution in [2.45, 2.75) is 26.7 Å². The Kier molecular flexibility index (Phi) is 4.66. The van der Waals surface area contributed by atoms with Gasteiger partial charge in [0.15, 0.2) is 0 Å². The molecule has 1 aliphatic carbocycles. The minimum Gasteiger partial charge on any atom is -0.428 e. The molecule has 3 aromatic carbocycles. The van der Waals surface area contributed by atoms with Crippen molar-refractivity contribution in [2.24, 2.45) is 4.99 Å². The number of benzene rings is 3. The monoisotopic (exact) mass is 494 g/mol. The van der Waals surface area contributed by atoms with Crippen LogP contribution < -0.4 is 0 Å². The van der Waals surface area contributed by atoms with Gasteiger partial charge in [-0.25, -0.2) is 4.99 Å². The number of hydrogen-bond donors (Lipinski definition) is 1. The Morgan fingerprint density at radius 2 is 1.79 bits per heavy atom. The lowest BCUT2D eigenvalue weighted by Gasteiger charge is -2.17. The molecular weight excluding hydrogens is 472 g/mol. The van der Waals surface area contributed by atoms with Gasteiger partial charge in [0.2, 0.25) is 0 Å². The van der Waals surface area contributed by atoms with Crippen LogP contribution in [0.15, 0.2) is 87.5 Å².